The van der Waals surface area contributed by atoms with Gasteiger partial charge in [-0.2, -0.15) is 0 Å². The number of H-pyrrole nitrogens is 1. The maximum atomic E-state index is 11.5. The molecule has 0 unspecified atom stereocenters. The number of thiazole rings is 1. The molecule has 2 N–H and O–H groups in total. The number of hydrogen-bond donors (Lipinski definition) is 2. The second-order valence-electron chi connectivity index (χ2n) is 2.99. The molecule has 0 saturated heterocycles. The van der Waals surface area contributed by atoms with Gasteiger partial charge in [-0.25, -0.2) is 9.97 Å². The highest BCUT2D eigenvalue weighted by Gasteiger charge is 2.07. The molecule has 0 aliphatic heterocycles. The number of nitrogens with one attached hydrogen (secondary N) is 2. The molecule has 0 aliphatic rings. The lowest BCUT2D eigenvalue weighted by molar-refractivity contribution is 0.0946. The van der Waals surface area contributed by atoms with E-state index in [2.05, 4.69) is 20.3 Å². The van der Waals surface area contributed by atoms with E-state index < -0.39 is 0 Å². The van der Waals surface area contributed by atoms with Crippen LogP contribution < -0.4 is 5.32 Å². The Kier molecular flexibility index (Phi) is 2.77. The number of aryl methyl sites for hydroxylation is 1. The molecule has 0 aliphatic carbocycles. The Morgan fingerprint density at radius 2 is 2.47 bits per heavy atom. The lowest BCUT2D eigenvalue weighted by atomic mass is 10.4. The number of carbonyl (C=O) groups excluding carboxylic acids is 1. The topological polar surface area (TPSA) is 70.7 Å². The first kappa shape index (κ1) is 9.85. The fourth-order valence-electron chi connectivity index (χ4n) is 1.13. The van der Waals surface area contributed by atoms with Gasteiger partial charge in [0.2, 0.25) is 0 Å². The largest absolute Gasteiger partial charge is 0.344 e. The quantitative estimate of drug-likeness (QED) is 0.817. The number of amides is 1. The number of carbonyl (C=O) groups is 1. The van der Waals surface area contributed by atoms with Crippen molar-refractivity contribution in [1.82, 2.24) is 20.3 Å². The van der Waals surface area contributed by atoms with Crippen molar-refractivity contribution < 1.29 is 4.79 Å². The highest BCUT2D eigenvalue weighted by molar-refractivity contribution is 7.09. The van der Waals surface area contributed by atoms with Gasteiger partial charge in [-0.1, -0.05) is 0 Å². The maximum absolute atomic E-state index is 11.5. The summed E-state index contributed by atoms with van der Waals surface area (Å²) in [6, 6.07) is 0. The van der Waals surface area contributed by atoms with Gasteiger partial charge in [0.05, 0.1) is 12.7 Å². The van der Waals surface area contributed by atoms with Crippen LogP contribution in [0.2, 0.25) is 0 Å². The minimum atomic E-state index is -0.161. The zero-order valence-corrected chi connectivity index (χ0v) is 8.97. The molecule has 2 heterocycles. The molecule has 2 aromatic rings. The van der Waals surface area contributed by atoms with Crippen LogP contribution in [0.3, 0.4) is 0 Å². The van der Waals surface area contributed by atoms with Crippen LogP contribution in [0.5, 0.6) is 0 Å². The molecule has 0 fully saturated rings. The van der Waals surface area contributed by atoms with Crippen molar-refractivity contribution in [2.75, 3.05) is 0 Å². The summed E-state index contributed by atoms with van der Waals surface area (Å²) in [5.74, 6) is 0.570. The second kappa shape index (κ2) is 4.22. The van der Waals surface area contributed by atoms with E-state index in [0.717, 1.165) is 10.8 Å². The van der Waals surface area contributed by atoms with Crippen molar-refractivity contribution in [1.29, 1.82) is 0 Å². The van der Waals surface area contributed by atoms with Gasteiger partial charge in [-0.05, 0) is 6.92 Å². The molecule has 0 atom stereocenters. The van der Waals surface area contributed by atoms with Crippen LogP contribution in [-0.4, -0.2) is 20.9 Å². The summed E-state index contributed by atoms with van der Waals surface area (Å²) < 4.78 is 0. The van der Waals surface area contributed by atoms with Crippen LogP contribution in [0.25, 0.3) is 0 Å². The third-order valence-corrected chi connectivity index (χ3v) is 2.61. The summed E-state index contributed by atoms with van der Waals surface area (Å²) in [6.07, 6.45) is 3.24. The Hall–Kier alpha value is -1.69. The molecular formula is C9H10N4OS. The van der Waals surface area contributed by atoms with Crippen LogP contribution >= 0.6 is 11.3 Å². The lowest BCUT2D eigenvalue weighted by Crippen LogP contribution is -2.23. The standard InChI is InChI=1S/C9H10N4OS/c1-6-11-4-7(13-6)9(14)12-5-8-10-2-3-15-8/h2-4H,5H2,1H3,(H,11,13)(H,12,14). The molecule has 0 radical (unpaired) electrons. The van der Waals surface area contributed by atoms with Gasteiger partial charge >= 0.3 is 0 Å². The molecule has 15 heavy (non-hydrogen) atoms. The van der Waals surface area contributed by atoms with Crippen LogP contribution in [0.1, 0.15) is 21.3 Å². The highest BCUT2D eigenvalue weighted by atomic mass is 32.1. The summed E-state index contributed by atoms with van der Waals surface area (Å²) >= 11 is 1.51. The van der Waals surface area contributed by atoms with E-state index in [9.17, 15) is 4.79 Å². The fourth-order valence-corrected chi connectivity index (χ4v) is 1.68. The number of hydrogen-bond acceptors (Lipinski definition) is 4. The van der Waals surface area contributed by atoms with Gasteiger partial charge in [-0.15, -0.1) is 11.3 Å². The van der Waals surface area contributed by atoms with Gasteiger partial charge in [0.25, 0.3) is 5.91 Å². The Morgan fingerprint density at radius 3 is 3.07 bits per heavy atom. The van der Waals surface area contributed by atoms with E-state index in [1.54, 1.807) is 13.1 Å². The van der Waals surface area contributed by atoms with Crippen LogP contribution in [0.4, 0.5) is 0 Å². The summed E-state index contributed by atoms with van der Waals surface area (Å²) in [5.41, 5.74) is 0.476. The molecule has 0 spiro atoms. The lowest BCUT2D eigenvalue weighted by Gasteiger charge is -1.99. The zero-order chi connectivity index (χ0) is 10.7. The normalized spacial score (nSPS) is 10.2. The van der Waals surface area contributed by atoms with Crippen molar-refractivity contribution >= 4 is 17.2 Å². The van der Waals surface area contributed by atoms with Crippen molar-refractivity contribution in [3.63, 3.8) is 0 Å². The average molecular weight is 222 g/mol. The number of aromatic amines is 1. The minimum Gasteiger partial charge on any atom is -0.344 e. The van der Waals surface area contributed by atoms with E-state index in [1.165, 1.54) is 17.5 Å². The molecular weight excluding hydrogens is 212 g/mol. The first-order valence-corrected chi connectivity index (χ1v) is 5.32. The molecule has 2 rings (SSSR count). The smallest absolute Gasteiger partial charge is 0.269 e. The molecule has 0 saturated carbocycles. The highest BCUT2D eigenvalue weighted by Crippen LogP contribution is 2.03. The van der Waals surface area contributed by atoms with E-state index in [-0.39, 0.29) is 5.91 Å². The van der Waals surface area contributed by atoms with Crippen LogP contribution in [0, 0.1) is 6.92 Å². The predicted octanol–water partition coefficient (Wildman–Crippen LogP) is 1.10. The van der Waals surface area contributed by atoms with E-state index in [1.807, 2.05) is 5.38 Å². The van der Waals surface area contributed by atoms with Gasteiger partial charge in [0.15, 0.2) is 0 Å². The molecule has 6 heteroatoms. The maximum Gasteiger partial charge on any atom is 0.269 e. The average Bonchev–Trinajstić information content (AvgIpc) is 2.84. The summed E-state index contributed by atoms with van der Waals surface area (Å²) in [7, 11) is 0. The van der Waals surface area contributed by atoms with E-state index in [0.29, 0.717) is 12.2 Å². The molecule has 0 aromatic carbocycles. The molecule has 0 bridgehead atoms. The van der Waals surface area contributed by atoms with Crippen LogP contribution in [0.15, 0.2) is 17.8 Å². The van der Waals surface area contributed by atoms with E-state index in [4.69, 9.17) is 0 Å². The Bertz CT molecular complexity index is 448. The number of rotatable bonds is 3. The van der Waals surface area contributed by atoms with Gasteiger partial charge in [-0.3, -0.25) is 4.79 Å². The molecule has 5 nitrogen and oxygen atoms in total. The van der Waals surface area contributed by atoms with Crippen molar-refractivity contribution in [3.8, 4) is 0 Å². The zero-order valence-electron chi connectivity index (χ0n) is 8.15. The summed E-state index contributed by atoms with van der Waals surface area (Å²) in [4.78, 5) is 22.4. The number of imidazole rings is 1. The Labute approximate surface area is 90.6 Å². The van der Waals surface area contributed by atoms with Gasteiger partial charge < -0.3 is 10.3 Å². The first-order valence-electron chi connectivity index (χ1n) is 4.44. The second-order valence-corrected chi connectivity index (χ2v) is 3.97. The molecule has 2 aromatic heterocycles. The third-order valence-electron chi connectivity index (χ3n) is 1.83. The SMILES string of the molecule is Cc1ncc(C(=O)NCc2nccs2)[nH]1. The number of aromatic nitrogens is 3. The monoisotopic (exact) mass is 222 g/mol. The predicted molar refractivity (Wildman–Crippen MR) is 56.6 cm³/mol. The summed E-state index contributed by atoms with van der Waals surface area (Å²) in [6.45, 7) is 2.26. The van der Waals surface area contributed by atoms with E-state index >= 15 is 0 Å². The van der Waals surface area contributed by atoms with Crippen molar-refractivity contribution in [2.45, 2.75) is 13.5 Å². The van der Waals surface area contributed by atoms with Crippen LogP contribution in [-0.2, 0) is 6.54 Å². The van der Waals surface area contributed by atoms with Gasteiger partial charge in [0.1, 0.15) is 16.5 Å². The Balaban J connectivity index is 1.93. The summed E-state index contributed by atoms with van der Waals surface area (Å²) in [5, 5.41) is 5.52. The molecule has 78 valence electrons. The third kappa shape index (κ3) is 2.41. The fraction of sp³-hybridized carbons (Fsp3) is 0.222. The molecule has 1 amide bonds. The first-order chi connectivity index (χ1) is 7.25. The van der Waals surface area contributed by atoms with Crippen molar-refractivity contribution in [2.24, 2.45) is 0 Å². The minimum absolute atomic E-state index is 0.161. The Morgan fingerprint density at radius 1 is 1.60 bits per heavy atom. The number of nitrogens with zero attached hydrogens (tertiary/aromatic N) is 2. The van der Waals surface area contributed by atoms with Crippen molar-refractivity contribution in [3.05, 3.63) is 34.3 Å². The van der Waals surface area contributed by atoms with Gasteiger partial charge in [0, 0.05) is 11.6 Å².